The molecule has 1 rings (SSSR count). The molecule has 3 N–H and O–H groups in total. The Labute approximate surface area is 105 Å². The van der Waals surface area contributed by atoms with Crippen LogP contribution in [0.15, 0.2) is 12.3 Å². The van der Waals surface area contributed by atoms with Crippen LogP contribution in [0, 0.1) is 5.41 Å². The molecular formula is C10H15ClN4S. The SMILES string of the molecule is CSCCN(C)c1nccc(C(=N)N)c1Cl. The van der Waals surface area contributed by atoms with E-state index < -0.39 is 0 Å². The molecule has 0 aliphatic carbocycles. The minimum Gasteiger partial charge on any atom is -0.384 e. The highest BCUT2D eigenvalue weighted by Crippen LogP contribution is 2.25. The first-order valence-electron chi connectivity index (χ1n) is 4.77. The summed E-state index contributed by atoms with van der Waals surface area (Å²) in [5, 5.41) is 7.84. The monoisotopic (exact) mass is 258 g/mol. The van der Waals surface area contributed by atoms with E-state index in [-0.39, 0.29) is 5.84 Å². The van der Waals surface area contributed by atoms with Gasteiger partial charge in [0.25, 0.3) is 0 Å². The second-order valence-electron chi connectivity index (χ2n) is 3.32. The van der Waals surface area contributed by atoms with Gasteiger partial charge >= 0.3 is 0 Å². The minimum atomic E-state index is -0.0353. The summed E-state index contributed by atoms with van der Waals surface area (Å²) in [4.78, 5) is 6.17. The lowest BCUT2D eigenvalue weighted by Crippen LogP contribution is -2.23. The van der Waals surface area contributed by atoms with Gasteiger partial charge in [0.05, 0.1) is 5.02 Å². The van der Waals surface area contributed by atoms with Gasteiger partial charge in [-0.05, 0) is 12.3 Å². The number of pyridine rings is 1. The summed E-state index contributed by atoms with van der Waals surface area (Å²) < 4.78 is 0. The Morgan fingerprint density at radius 1 is 1.69 bits per heavy atom. The van der Waals surface area contributed by atoms with Crippen molar-refractivity contribution in [3.8, 4) is 0 Å². The van der Waals surface area contributed by atoms with Gasteiger partial charge in [-0.25, -0.2) is 4.98 Å². The Kier molecular flexibility index (Phi) is 4.89. The van der Waals surface area contributed by atoms with Crippen molar-refractivity contribution >= 4 is 35.0 Å². The van der Waals surface area contributed by atoms with Crippen molar-refractivity contribution in [3.05, 3.63) is 22.8 Å². The summed E-state index contributed by atoms with van der Waals surface area (Å²) in [6.07, 6.45) is 3.67. The summed E-state index contributed by atoms with van der Waals surface area (Å²) in [6, 6.07) is 1.65. The van der Waals surface area contributed by atoms with E-state index in [4.69, 9.17) is 22.7 Å². The van der Waals surface area contributed by atoms with Gasteiger partial charge in [-0.15, -0.1) is 0 Å². The molecular weight excluding hydrogens is 244 g/mol. The number of nitrogens with zero attached hydrogens (tertiary/aromatic N) is 2. The highest BCUT2D eigenvalue weighted by Gasteiger charge is 2.12. The predicted octanol–water partition coefficient (Wildman–Crippen LogP) is 1.82. The third-order valence-corrected chi connectivity index (χ3v) is 3.12. The zero-order valence-electron chi connectivity index (χ0n) is 9.33. The first-order valence-corrected chi connectivity index (χ1v) is 6.54. The van der Waals surface area contributed by atoms with Crippen molar-refractivity contribution in [3.63, 3.8) is 0 Å². The van der Waals surface area contributed by atoms with Gasteiger partial charge in [0.2, 0.25) is 0 Å². The van der Waals surface area contributed by atoms with Crippen LogP contribution >= 0.6 is 23.4 Å². The molecule has 0 atom stereocenters. The largest absolute Gasteiger partial charge is 0.384 e. The lowest BCUT2D eigenvalue weighted by Gasteiger charge is -2.19. The third-order valence-electron chi connectivity index (χ3n) is 2.15. The molecule has 16 heavy (non-hydrogen) atoms. The number of halogens is 1. The molecule has 1 heterocycles. The topological polar surface area (TPSA) is 66.0 Å². The Bertz CT molecular complexity index is 383. The van der Waals surface area contributed by atoms with Gasteiger partial charge < -0.3 is 10.6 Å². The van der Waals surface area contributed by atoms with Crippen molar-refractivity contribution in [2.45, 2.75) is 0 Å². The standard InChI is InChI=1S/C10H15ClN4S/c1-15(5-6-16-2)10-8(11)7(9(12)13)3-4-14-10/h3-4H,5-6H2,1-2H3,(H3,12,13). The molecule has 0 fully saturated rings. The molecule has 1 aromatic heterocycles. The average Bonchev–Trinajstić information content (AvgIpc) is 2.25. The predicted molar refractivity (Wildman–Crippen MR) is 71.9 cm³/mol. The van der Waals surface area contributed by atoms with E-state index >= 15 is 0 Å². The van der Waals surface area contributed by atoms with Gasteiger partial charge in [-0.2, -0.15) is 11.8 Å². The van der Waals surface area contributed by atoms with E-state index in [0.717, 1.165) is 12.3 Å². The molecule has 6 heteroatoms. The molecule has 0 aromatic carbocycles. The number of nitrogens with two attached hydrogens (primary N) is 1. The van der Waals surface area contributed by atoms with Crippen molar-refractivity contribution < 1.29 is 0 Å². The zero-order valence-corrected chi connectivity index (χ0v) is 10.9. The summed E-state index contributed by atoms with van der Waals surface area (Å²) in [5.41, 5.74) is 5.96. The Hall–Kier alpha value is -0.940. The molecule has 0 spiro atoms. The summed E-state index contributed by atoms with van der Waals surface area (Å²) in [7, 11) is 1.92. The highest BCUT2D eigenvalue weighted by atomic mass is 35.5. The first-order chi connectivity index (χ1) is 7.57. The van der Waals surface area contributed by atoms with Crippen LogP contribution in [0.25, 0.3) is 0 Å². The summed E-state index contributed by atoms with van der Waals surface area (Å²) in [5.74, 6) is 1.63. The number of nitrogen functional groups attached to an aromatic ring is 1. The average molecular weight is 259 g/mol. The van der Waals surface area contributed by atoms with Crippen molar-refractivity contribution in [2.24, 2.45) is 5.73 Å². The van der Waals surface area contributed by atoms with Crippen LogP contribution in [-0.2, 0) is 0 Å². The fraction of sp³-hybridized carbons (Fsp3) is 0.400. The normalized spacial score (nSPS) is 10.2. The fourth-order valence-electron chi connectivity index (χ4n) is 1.24. The molecule has 0 amide bonds. The Morgan fingerprint density at radius 3 is 2.94 bits per heavy atom. The lowest BCUT2D eigenvalue weighted by molar-refractivity contribution is 0.946. The first kappa shape index (κ1) is 13.1. The van der Waals surface area contributed by atoms with Crippen LogP contribution < -0.4 is 10.6 Å². The number of thioether (sulfide) groups is 1. The van der Waals surface area contributed by atoms with E-state index in [1.54, 1.807) is 24.0 Å². The van der Waals surface area contributed by atoms with Crippen LogP contribution in [0.4, 0.5) is 5.82 Å². The molecule has 4 nitrogen and oxygen atoms in total. The summed E-state index contributed by atoms with van der Waals surface area (Å²) in [6.45, 7) is 0.856. The van der Waals surface area contributed by atoms with Gasteiger partial charge in [-0.1, -0.05) is 11.6 Å². The third kappa shape index (κ3) is 3.02. The van der Waals surface area contributed by atoms with Crippen LogP contribution in [0.1, 0.15) is 5.56 Å². The molecule has 0 radical (unpaired) electrons. The number of hydrogen-bond acceptors (Lipinski definition) is 4. The molecule has 0 bridgehead atoms. The molecule has 0 aliphatic rings. The summed E-state index contributed by atoms with van der Waals surface area (Å²) >= 11 is 7.91. The van der Waals surface area contributed by atoms with Gasteiger partial charge in [0.1, 0.15) is 11.7 Å². The number of rotatable bonds is 5. The van der Waals surface area contributed by atoms with E-state index in [0.29, 0.717) is 16.4 Å². The Balaban J connectivity index is 2.96. The van der Waals surface area contributed by atoms with Crippen LogP contribution in [0.3, 0.4) is 0 Å². The van der Waals surface area contributed by atoms with Crippen molar-refractivity contribution in [2.75, 3.05) is 30.5 Å². The number of anilines is 1. The maximum Gasteiger partial charge on any atom is 0.147 e. The molecule has 0 saturated carbocycles. The Morgan fingerprint density at radius 2 is 2.38 bits per heavy atom. The van der Waals surface area contributed by atoms with Crippen molar-refractivity contribution in [1.29, 1.82) is 5.41 Å². The molecule has 0 aliphatic heterocycles. The molecule has 0 saturated heterocycles. The van der Waals surface area contributed by atoms with E-state index in [9.17, 15) is 0 Å². The second-order valence-corrected chi connectivity index (χ2v) is 4.69. The molecule has 0 unspecified atom stereocenters. The maximum absolute atomic E-state index is 7.39. The molecule has 1 aromatic rings. The second kappa shape index (κ2) is 5.96. The van der Waals surface area contributed by atoms with Gasteiger partial charge in [-0.3, -0.25) is 5.41 Å². The fourth-order valence-corrected chi connectivity index (χ4v) is 2.06. The van der Waals surface area contributed by atoms with Crippen LogP contribution in [0.2, 0.25) is 5.02 Å². The quantitative estimate of drug-likeness (QED) is 0.625. The van der Waals surface area contributed by atoms with Crippen LogP contribution in [-0.4, -0.2) is 36.4 Å². The minimum absolute atomic E-state index is 0.0353. The number of amidine groups is 1. The van der Waals surface area contributed by atoms with Crippen molar-refractivity contribution in [1.82, 2.24) is 4.98 Å². The maximum atomic E-state index is 7.39. The molecule has 88 valence electrons. The number of hydrogen-bond donors (Lipinski definition) is 2. The van der Waals surface area contributed by atoms with E-state index in [2.05, 4.69) is 11.2 Å². The lowest BCUT2D eigenvalue weighted by atomic mass is 10.2. The van der Waals surface area contributed by atoms with Gasteiger partial charge in [0.15, 0.2) is 0 Å². The van der Waals surface area contributed by atoms with E-state index in [1.165, 1.54) is 0 Å². The van der Waals surface area contributed by atoms with Crippen LogP contribution in [0.5, 0.6) is 0 Å². The van der Waals surface area contributed by atoms with E-state index in [1.807, 2.05) is 11.9 Å². The highest BCUT2D eigenvalue weighted by molar-refractivity contribution is 7.98. The smallest absolute Gasteiger partial charge is 0.147 e. The van der Waals surface area contributed by atoms with Gasteiger partial charge in [0, 0.05) is 31.1 Å². The zero-order chi connectivity index (χ0) is 12.1. The number of nitrogens with one attached hydrogen (secondary N) is 1. The number of aromatic nitrogens is 1.